The lowest BCUT2D eigenvalue weighted by atomic mass is 9.76. The second-order valence-electron chi connectivity index (χ2n) is 14.9. The largest absolute Gasteiger partial charge is 0.744 e. The average molecular weight is 702 g/mol. The summed E-state index contributed by atoms with van der Waals surface area (Å²) in [6.07, 6.45) is 8.63. The highest BCUT2D eigenvalue weighted by Crippen LogP contribution is 2.54. The summed E-state index contributed by atoms with van der Waals surface area (Å²) in [5, 5.41) is 0.724. The highest BCUT2D eigenvalue weighted by Gasteiger charge is 2.49. The monoisotopic (exact) mass is 701 g/mol. The SMILES string of the molecule is O=S(=O)([O-])c1c2ccccc2c(OS(=O)(=O)c2c(C3CC4CCC3O4)cc(C3CC4CCC3O4)cc2C2CC3CCC2O3)c2ccccc12. The first-order valence-corrected chi connectivity index (χ1v) is 20.4. The van der Waals surface area contributed by atoms with Crippen molar-refractivity contribution < 1.29 is 39.8 Å². The van der Waals surface area contributed by atoms with Crippen molar-refractivity contribution in [2.24, 2.45) is 0 Å². The topological polar surface area (TPSA) is 128 Å². The van der Waals surface area contributed by atoms with Crippen molar-refractivity contribution in [3.8, 4) is 5.75 Å². The van der Waals surface area contributed by atoms with Crippen LogP contribution >= 0.6 is 0 Å². The third-order valence-electron chi connectivity index (χ3n) is 12.2. The second kappa shape index (κ2) is 11.0. The zero-order valence-electron chi connectivity index (χ0n) is 26.8. The lowest BCUT2D eigenvalue weighted by Gasteiger charge is -2.30. The maximum atomic E-state index is 15.2. The van der Waals surface area contributed by atoms with Gasteiger partial charge in [-0.1, -0.05) is 60.7 Å². The molecule has 9 atom stereocenters. The Hall–Kier alpha value is -3.06. The average Bonchev–Trinajstić information content (AvgIpc) is 3.96. The molecule has 4 aromatic carbocycles. The Morgan fingerprint density at radius 1 is 0.571 bits per heavy atom. The molecule has 6 aliphatic rings. The first-order valence-electron chi connectivity index (χ1n) is 17.6. The molecule has 0 aromatic heterocycles. The number of ether oxygens (including phenoxy) is 3. The molecule has 10 rings (SSSR count). The van der Waals surface area contributed by atoms with Crippen LogP contribution in [-0.2, 0) is 34.4 Å². The molecule has 256 valence electrons. The third kappa shape index (κ3) is 4.83. The van der Waals surface area contributed by atoms with E-state index < -0.39 is 20.2 Å². The van der Waals surface area contributed by atoms with Crippen molar-refractivity contribution >= 4 is 41.8 Å². The Morgan fingerprint density at radius 2 is 1.00 bits per heavy atom. The lowest BCUT2D eigenvalue weighted by molar-refractivity contribution is 0.0996. The Morgan fingerprint density at radius 3 is 1.39 bits per heavy atom. The summed E-state index contributed by atoms with van der Waals surface area (Å²) in [4.78, 5) is -0.197. The fraction of sp³-hybridized carbons (Fsp3) is 0.474. The zero-order chi connectivity index (χ0) is 33.2. The minimum Gasteiger partial charge on any atom is -0.744 e. The van der Waals surface area contributed by atoms with Crippen LogP contribution in [0.15, 0.2) is 70.5 Å². The number of fused-ring (bicyclic) bond motifs is 8. The van der Waals surface area contributed by atoms with Crippen LogP contribution in [0.4, 0.5) is 0 Å². The fourth-order valence-corrected chi connectivity index (χ4v) is 12.6. The zero-order valence-corrected chi connectivity index (χ0v) is 28.5. The number of benzene rings is 4. The van der Waals surface area contributed by atoms with Crippen LogP contribution in [0.1, 0.15) is 92.2 Å². The highest BCUT2D eigenvalue weighted by molar-refractivity contribution is 7.87. The van der Waals surface area contributed by atoms with Gasteiger partial charge in [-0.2, -0.15) is 8.42 Å². The smallest absolute Gasteiger partial charge is 0.339 e. The Labute approximate surface area is 285 Å². The minimum absolute atomic E-state index is 0.00876. The van der Waals surface area contributed by atoms with E-state index in [1.165, 1.54) is 12.1 Å². The number of rotatable bonds is 7. The Balaban J connectivity index is 1.20. The molecule has 0 aliphatic carbocycles. The van der Waals surface area contributed by atoms with Crippen molar-refractivity contribution in [1.82, 2.24) is 0 Å². The van der Waals surface area contributed by atoms with E-state index in [-0.39, 0.29) is 91.5 Å². The first kappa shape index (κ1) is 30.7. The molecule has 9 unspecified atom stereocenters. The van der Waals surface area contributed by atoms with Gasteiger partial charge in [-0.3, -0.25) is 0 Å². The van der Waals surface area contributed by atoms with Crippen LogP contribution in [-0.4, -0.2) is 58.0 Å². The van der Waals surface area contributed by atoms with E-state index in [4.69, 9.17) is 18.4 Å². The highest BCUT2D eigenvalue weighted by atomic mass is 32.2. The maximum absolute atomic E-state index is 15.2. The molecule has 0 amide bonds. The van der Waals surface area contributed by atoms with Gasteiger partial charge in [0.15, 0.2) is 5.75 Å². The molecule has 49 heavy (non-hydrogen) atoms. The van der Waals surface area contributed by atoms with Crippen LogP contribution in [0, 0.1) is 0 Å². The van der Waals surface area contributed by atoms with Gasteiger partial charge >= 0.3 is 10.1 Å². The molecule has 0 radical (unpaired) electrons. The molecule has 4 aromatic rings. The van der Waals surface area contributed by atoms with Crippen molar-refractivity contribution in [2.45, 2.75) is 122 Å². The van der Waals surface area contributed by atoms with Gasteiger partial charge in [-0.25, -0.2) is 8.42 Å². The predicted molar refractivity (Wildman–Crippen MR) is 179 cm³/mol. The van der Waals surface area contributed by atoms with E-state index in [0.29, 0.717) is 0 Å². The standard InChI is InChI=1S/C38H38O9S2/c39-48(40,41)37-26-7-3-1-5-24(26)36(25-6-2-4-8-27(25)37)47-49(42,43)38-31(29-18-22-10-13-34(29)45-22)15-20(28-17-21-9-12-33(28)44-21)16-32(38)30-19-23-11-14-35(30)46-23/h1-8,15-16,21-23,28-30,33-35H,9-14,17-19H2,(H,39,40,41)/p-1. The van der Waals surface area contributed by atoms with Gasteiger partial charge < -0.3 is 22.9 Å². The lowest BCUT2D eigenvalue weighted by Crippen LogP contribution is -2.26. The maximum Gasteiger partial charge on any atom is 0.339 e. The molecular formula is C38H37O9S2-. The normalized spacial score (nSPS) is 33.4. The molecule has 9 nitrogen and oxygen atoms in total. The van der Waals surface area contributed by atoms with Crippen LogP contribution < -0.4 is 4.18 Å². The second-order valence-corrected chi connectivity index (χ2v) is 17.7. The van der Waals surface area contributed by atoms with Gasteiger partial charge in [0.05, 0.1) is 41.5 Å². The molecular weight excluding hydrogens is 665 g/mol. The van der Waals surface area contributed by atoms with Crippen LogP contribution in [0.25, 0.3) is 21.5 Å². The molecule has 11 heteroatoms. The summed E-state index contributed by atoms with van der Waals surface area (Å²) >= 11 is 0. The number of hydrogen-bond acceptors (Lipinski definition) is 9. The summed E-state index contributed by atoms with van der Waals surface area (Å²) in [6, 6.07) is 17.1. The van der Waals surface area contributed by atoms with Crippen molar-refractivity contribution in [1.29, 1.82) is 0 Å². The fourth-order valence-electron chi connectivity index (χ4n) is 10.2. The van der Waals surface area contributed by atoms with E-state index >= 15 is 8.42 Å². The van der Waals surface area contributed by atoms with Crippen LogP contribution in [0.2, 0.25) is 0 Å². The molecule has 6 fully saturated rings. The van der Waals surface area contributed by atoms with E-state index in [0.717, 1.165) is 74.5 Å². The van der Waals surface area contributed by atoms with Gasteiger partial charge in [-0.05, 0) is 74.5 Å². The molecule has 0 saturated carbocycles. The molecule has 0 spiro atoms. The van der Waals surface area contributed by atoms with Crippen LogP contribution in [0.3, 0.4) is 0 Å². The van der Waals surface area contributed by atoms with E-state index in [1.807, 2.05) is 0 Å². The molecule has 0 N–H and O–H groups in total. The summed E-state index contributed by atoms with van der Waals surface area (Å²) < 4.78 is 93.6. The summed E-state index contributed by atoms with van der Waals surface area (Å²) in [7, 11) is -9.46. The molecule has 6 aliphatic heterocycles. The van der Waals surface area contributed by atoms with Gasteiger partial charge in [-0.15, -0.1) is 0 Å². The van der Waals surface area contributed by atoms with Gasteiger partial charge in [0.1, 0.15) is 15.0 Å². The van der Waals surface area contributed by atoms with Crippen molar-refractivity contribution in [3.05, 3.63) is 77.4 Å². The third-order valence-corrected chi connectivity index (χ3v) is 14.5. The van der Waals surface area contributed by atoms with Crippen LogP contribution in [0.5, 0.6) is 5.75 Å². The van der Waals surface area contributed by atoms with Crippen molar-refractivity contribution in [2.75, 3.05) is 0 Å². The molecule has 6 heterocycles. The van der Waals surface area contributed by atoms with Gasteiger partial charge in [0, 0.05) is 39.3 Å². The summed E-state index contributed by atoms with van der Waals surface area (Å²) in [5.74, 6) is -0.00509. The molecule has 6 bridgehead atoms. The van der Waals surface area contributed by atoms with E-state index in [2.05, 4.69) is 12.1 Å². The quantitative estimate of drug-likeness (QED) is 0.117. The van der Waals surface area contributed by atoms with Gasteiger partial charge in [0.25, 0.3) is 0 Å². The Kier molecular flexibility index (Phi) is 6.88. The van der Waals surface area contributed by atoms with E-state index in [1.54, 1.807) is 36.4 Å². The van der Waals surface area contributed by atoms with E-state index in [9.17, 15) is 13.0 Å². The summed E-state index contributed by atoms with van der Waals surface area (Å²) in [5.41, 5.74) is 2.62. The number of hydrogen-bond donors (Lipinski definition) is 0. The first-order chi connectivity index (χ1) is 23.6. The Bertz CT molecular complexity index is 2140. The summed E-state index contributed by atoms with van der Waals surface area (Å²) in [6.45, 7) is 0. The van der Waals surface area contributed by atoms with Gasteiger partial charge in [0.2, 0.25) is 0 Å². The van der Waals surface area contributed by atoms with Crippen molar-refractivity contribution in [3.63, 3.8) is 0 Å². The molecule has 6 saturated heterocycles. The minimum atomic E-state index is -4.92. The predicted octanol–water partition coefficient (Wildman–Crippen LogP) is 6.77.